The second-order valence-electron chi connectivity index (χ2n) is 3.99. The average molecular weight is 208 g/mol. The molecule has 3 heteroatoms. The number of carbonyl (C=O) groups is 1. The van der Waals surface area contributed by atoms with Crippen LogP contribution in [0.15, 0.2) is 16.5 Å². The molecule has 0 amide bonds. The van der Waals surface area contributed by atoms with E-state index in [2.05, 4.69) is 0 Å². The van der Waals surface area contributed by atoms with Crippen LogP contribution in [0.25, 0.3) is 0 Å². The molecular formula is C12H16O3. The fourth-order valence-corrected chi connectivity index (χ4v) is 1.97. The molecule has 1 aromatic heterocycles. The Labute approximate surface area is 89.4 Å². The largest absolute Gasteiger partial charge is 0.456 e. The molecule has 0 unspecified atom stereocenters. The van der Waals surface area contributed by atoms with Gasteiger partial charge in [-0.15, -0.1) is 0 Å². The summed E-state index contributed by atoms with van der Waals surface area (Å²) in [6.07, 6.45) is 7.26. The minimum absolute atomic E-state index is 0.372. The lowest BCUT2D eigenvalue weighted by atomic mass is 9.98. The van der Waals surface area contributed by atoms with Gasteiger partial charge in [-0.2, -0.15) is 0 Å². The Bertz CT molecular complexity index is 310. The first kappa shape index (κ1) is 10.4. The molecule has 82 valence electrons. The first-order chi connectivity index (χ1) is 7.38. The third-order valence-electron chi connectivity index (χ3n) is 2.81. The molecule has 3 nitrogen and oxygen atoms in total. The van der Waals surface area contributed by atoms with E-state index >= 15 is 0 Å². The van der Waals surface area contributed by atoms with Gasteiger partial charge in [0.15, 0.2) is 12.0 Å². The van der Waals surface area contributed by atoms with Crippen molar-refractivity contribution in [3.8, 4) is 0 Å². The third-order valence-corrected chi connectivity index (χ3v) is 2.81. The molecule has 0 bridgehead atoms. The molecule has 1 aliphatic rings. The summed E-state index contributed by atoms with van der Waals surface area (Å²) in [5, 5.41) is 0. The summed E-state index contributed by atoms with van der Waals surface area (Å²) < 4.78 is 10.9. The predicted molar refractivity (Wildman–Crippen MR) is 55.8 cm³/mol. The molecule has 0 atom stereocenters. The Hall–Kier alpha value is -1.09. The van der Waals surface area contributed by atoms with E-state index in [1.54, 1.807) is 12.1 Å². The van der Waals surface area contributed by atoms with Crippen molar-refractivity contribution in [3.63, 3.8) is 0 Å². The van der Waals surface area contributed by atoms with Crippen LogP contribution in [0.4, 0.5) is 0 Å². The molecule has 1 aromatic rings. The molecule has 0 aliphatic heterocycles. The van der Waals surface area contributed by atoms with E-state index in [0.29, 0.717) is 24.8 Å². The fourth-order valence-electron chi connectivity index (χ4n) is 1.97. The summed E-state index contributed by atoms with van der Waals surface area (Å²) in [4.78, 5) is 10.4. The van der Waals surface area contributed by atoms with Gasteiger partial charge in [-0.05, 0) is 25.0 Å². The van der Waals surface area contributed by atoms with Gasteiger partial charge in [0.2, 0.25) is 0 Å². The Morgan fingerprint density at radius 3 is 2.80 bits per heavy atom. The topological polar surface area (TPSA) is 39.4 Å². The molecule has 1 heterocycles. The lowest BCUT2D eigenvalue weighted by molar-refractivity contribution is 0.00856. The van der Waals surface area contributed by atoms with Gasteiger partial charge < -0.3 is 9.15 Å². The second-order valence-corrected chi connectivity index (χ2v) is 3.99. The maximum absolute atomic E-state index is 10.4. The molecule has 2 rings (SSSR count). The number of rotatable bonds is 4. The van der Waals surface area contributed by atoms with Crippen LogP contribution < -0.4 is 0 Å². The summed E-state index contributed by atoms with van der Waals surface area (Å²) in [6, 6.07) is 3.47. The predicted octanol–water partition coefficient (Wildman–Crippen LogP) is 2.94. The first-order valence-electron chi connectivity index (χ1n) is 5.54. The van der Waals surface area contributed by atoms with E-state index in [0.717, 1.165) is 18.6 Å². The van der Waals surface area contributed by atoms with Crippen LogP contribution in [0.3, 0.4) is 0 Å². The molecule has 1 fully saturated rings. The minimum Gasteiger partial charge on any atom is -0.456 e. The maximum atomic E-state index is 10.4. The van der Waals surface area contributed by atoms with Gasteiger partial charge in [-0.1, -0.05) is 19.3 Å². The third kappa shape index (κ3) is 2.93. The fraction of sp³-hybridized carbons (Fsp3) is 0.583. The molecule has 1 aliphatic carbocycles. The normalized spacial score (nSPS) is 17.9. The van der Waals surface area contributed by atoms with Crippen molar-refractivity contribution in [2.45, 2.75) is 44.8 Å². The summed E-state index contributed by atoms with van der Waals surface area (Å²) >= 11 is 0. The van der Waals surface area contributed by atoms with Crippen molar-refractivity contribution in [2.24, 2.45) is 0 Å². The van der Waals surface area contributed by atoms with Crippen LogP contribution in [0.1, 0.15) is 48.4 Å². The van der Waals surface area contributed by atoms with E-state index in [9.17, 15) is 4.79 Å². The molecular weight excluding hydrogens is 192 g/mol. The Morgan fingerprint density at radius 2 is 2.13 bits per heavy atom. The van der Waals surface area contributed by atoms with Gasteiger partial charge >= 0.3 is 0 Å². The molecule has 0 spiro atoms. The zero-order valence-electron chi connectivity index (χ0n) is 8.78. The summed E-state index contributed by atoms with van der Waals surface area (Å²) in [6.45, 7) is 0.485. The molecule has 0 aromatic carbocycles. The minimum atomic E-state index is 0.372. The summed E-state index contributed by atoms with van der Waals surface area (Å²) in [5.41, 5.74) is 0. The summed E-state index contributed by atoms with van der Waals surface area (Å²) in [5.74, 6) is 1.11. The number of ether oxygens (including phenoxy) is 1. The van der Waals surface area contributed by atoms with Crippen molar-refractivity contribution in [3.05, 3.63) is 23.7 Å². The standard InChI is InChI=1S/C12H16O3/c13-8-11-6-7-12(15-11)9-14-10-4-2-1-3-5-10/h6-8,10H,1-5,9H2. The highest BCUT2D eigenvalue weighted by atomic mass is 16.5. The van der Waals surface area contributed by atoms with E-state index < -0.39 is 0 Å². The van der Waals surface area contributed by atoms with E-state index in [1.165, 1.54) is 19.3 Å². The Balaban J connectivity index is 1.79. The smallest absolute Gasteiger partial charge is 0.185 e. The molecule has 0 saturated heterocycles. The van der Waals surface area contributed by atoms with Crippen LogP contribution in [-0.2, 0) is 11.3 Å². The number of carbonyl (C=O) groups excluding carboxylic acids is 1. The van der Waals surface area contributed by atoms with Crippen molar-refractivity contribution in [1.29, 1.82) is 0 Å². The lowest BCUT2D eigenvalue weighted by Crippen LogP contribution is -2.16. The van der Waals surface area contributed by atoms with Gasteiger partial charge in [-0.3, -0.25) is 4.79 Å². The van der Waals surface area contributed by atoms with Crippen LogP contribution in [0.5, 0.6) is 0 Å². The van der Waals surface area contributed by atoms with Gasteiger partial charge in [0.25, 0.3) is 0 Å². The second kappa shape index (κ2) is 5.12. The zero-order chi connectivity index (χ0) is 10.5. The van der Waals surface area contributed by atoms with Crippen molar-refractivity contribution >= 4 is 6.29 Å². The SMILES string of the molecule is O=Cc1ccc(COC2CCCCC2)o1. The Kier molecular flexibility index (Phi) is 3.56. The van der Waals surface area contributed by atoms with E-state index in [-0.39, 0.29) is 0 Å². The van der Waals surface area contributed by atoms with Crippen LogP contribution in [-0.4, -0.2) is 12.4 Å². The van der Waals surface area contributed by atoms with Crippen LogP contribution in [0, 0.1) is 0 Å². The van der Waals surface area contributed by atoms with Crippen LogP contribution >= 0.6 is 0 Å². The van der Waals surface area contributed by atoms with Crippen molar-refractivity contribution in [1.82, 2.24) is 0 Å². The number of furan rings is 1. The lowest BCUT2D eigenvalue weighted by Gasteiger charge is -2.21. The quantitative estimate of drug-likeness (QED) is 0.714. The first-order valence-corrected chi connectivity index (χ1v) is 5.54. The highest BCUT2D eigenvalue weighted by Gasteiger charge is 2.14. The van der Waals surface area contributed by atoms with Gasteiger partial charge in [-0.25, -0.2) is 0 Å². The number of aldehydes is 1. The molecule has 15 heavy (non-hydrogen) atoms. The maximum Gasteiger partial charge on any atom is 0.185 e. The monoisotopic (exact) mass is 208 g/mol. The van der Waals surface area contributed by atoms with E-state index in [1.807, 2.05) is 0 Å². The van der Waals surface area contributed by atoms with Crippen LogP contribution in [0.2, 0.25) is 0 Å². The number of hydrogen-bond donors (Lipinski definition) is 0. The van der Waals surface area contributed by atoms with E-state index in [4.69, 9.17) is 9.15 Å². The van der Waals surface area contributed by atoms with Gasteiger partial charge in [0, 0.05) is 0 Å². The highest BCUT2D eigenvalue weighted by Crippen LogP contribution is 2.21. The molecule has 0 radical (unpaired) electrons. The van der Waals surface area contributed by atoms with Gasteiger partial charge in [0.05, 0.1) is 6.10 Å². The summed E-state index contributed by atoms with van der Waals surface area (Å²) in [7, 11) is 0. The average Bonchev–Trinajstić information content (AvgIpc) is 2.76. The number of hydrogen-bond acceptors (Lipinski definition) is 3. The van der Waals surface area contributed by atoms with Crippen molar-refractivity contribution < 1.29 is 13.9 Å². The van der Waals surface area contributed by atoms with Crippen molar-refractivity contribution in [2.75, 3.05) is 0 Å². The molecule has 0 N–H and O–H groups in total. The van der Waals surface area contributed by atoms with Gasteiger partial charge in [0.1, 0.15) is 12.4 Å². The Morgan fingerprint density at radius 1 is 1.33 bits per heavy atom. The highest BCUT2D eigenvalue weighted by molar-refractivity contribution is 5.70. The zero-order valence-corrected chi connectivity index (χ0v) is 8.78. The molecule has 1 saturated carbocycles.